The van der Waals surface area contributed by atoms with Crippen LogP contribution in [0.25, 0.3) is 11.0 Å². The van der Waals surface area contributed by atoms with E-state index in [9.17, 15) is 0 Å². The largest absolute Gasteiger partial charge is 0.483 e. The monoisotopic (exact) mass is 375 g/mol. The molecule has 0 bridgehead atoms. The van der Waals surface area contributed by atoms with Crippen LogP contribution in [0.15, 0.2) is 52.9 Å². The number of benzene rings is 2. The van der Waals surface area contributed by atoms with Gasteiger partial charge in [-0.2, -0.15) is 5.26 Å². The molecule has 0 saturated carbocycles. The first-order valence-electron chi connectivity index (χ1n) is 6.07. The van der Waals surface area contributed by atoms with Gasteiger partial charge in [0.15, 0.2) is 5.75 Å². The summed E-state index contributed by atoms with van der Waals surface area (Å²) in [4.78, 5) is 0. The normalized spacial score (nSPS) is 10.4. The van der Waals surface area contributed by atoms with E-state index in [1.807, 2.05) is 54.6 Å². The van der Waals surface area contributed by atoms with E-state index in [1.54, 1.807) is 0 Å². The van der Waals surface area contributed by atoms with Crippen molar-refractivity contribution in [3.05, 3.63) is 63.4 Å². The third-order valence-electron chi connectivity index (χ3n) is 2.95. The number of ether oxygens (including phenoxy) is 1. The van der Waals surface area contributed by atoms with Crippen molar-refractivity contribution in [2.75, 3.05) is 0 Å². The fraction of sp³-hybridized carbons (Fsp3) is 0.0625. The van der Waals surface area contributed by atoms with E-state index in [4.69, 9.17) is 14.4 Å². The summed E-state index contributed by atoms with van der Waals surface area (Å²) < 4.78 is 12.4. The third kappa shape index (κ3) is 2.49. The molecule has 3 aromatic rings. The van der Waals surface area contributed by atoms with Crippen LogP contribution in [0.3, 0.4) is 0 Å². The van der Waals surface area contributed by atoms with E-state index in [2.05, 4.69) is 22.6 Å². The first-order chi connectivity index (χ1) is 9.78. The van der Waals surface area contributed by atoms with Crippen molar-refractivity contribution in [1.29, 1.82) is 5.26 Å². The van der Waals surface area contributed by atoms with Gasteiger partial charge < -0.3 is 9.15 Å². The van der Waals surface area contributed by atoms with Crippen LogP contribution in [-0.2, 0) is 6.61 Å². The zero-order valence-electron chi connectivity index (χ0n) is 10.5. The van der Waals surface area contributed by atoms with Gasteiger partial charge in [0.1, 0.15) is 18.3 Å². The van der Waals surface area contributed by atoms with Crippen molar-refractivity contribution >= 4 is 33.6 Å². The van der Waals surface area contributed by atoms with Crippen molar-refractivity contribution < 1.29 is 9.15 Å². The predicted molar refractivity (Wildman–Crippen MR) is 84.4 cm³/mol. The second kappa shape index (κ2) is 5.55. The van der Waals surface area contributed by atoms with Gasteiger partial charge in [-0.05, 0) is 52.4 Å². The average Bonchev–Trinajstić information content (AvgIpc) is 2.84. The first kappa shape index (κ1) is 13.0. The maximum Gasteiger partial charge on any atom is 0.246 e. The first-order valence-corrected chi connectivity index (χ1v) is 7.14. The molecule has 0 aliphatic heterocycles. The number of fused-ring (bicyclic) bond motifs is 1. The Kier molecular flexibility index (Phi) is 3.61. The van der Waals surface area contributed by atoms with E-state index < -0.39 is 0 Å². The highest BCUT2D eigenvalue weighted by atomic mass is 127. The molecule has 1 heterocycles. The van der Waals surface area contributed by atoms with E-state index >= 15 is 0 Å². The Morgan fingerprint density at radius 1 is 1.10 bits per heavy atom. The smallest absolute Gasteiger partial charge is 0.246 e. The third-order valence-corrected chi connectivity index (χ3v) is 3.67. The number of nitrogens with zero attached hydrogens (tertiary/aromatic N) is 1. The highest BCUT2D eigenvalue weighted by molar-refractivity contribution is 14.1. The number of para-hydroxylation sites is 1. The number of nitriles is 1. The van der Waals surface area contributed by atoms with Gasteiger partial charge in [0.05, 0.1) is 5.39 Å². The summed E-state index contributed by atoms with van der Waals surface area (Å²) in [6.07, 6.45) is 0. The molecule has 0 fully saturated rings. The standard InChI is InChI=1S/C16H10INO2/c17-12-7-5-11(6-8-12)10-19-16-13-3-1-2-4-14(13)20-15(16)9-18/h1-8H,10H2. The van der Waals surface area contributed by atoms with Crippen LogP contribution in [-0.4, -0.2) is 0 Å². The summed E-state index contributed by atoms with van der Waals surface area (Å²) in [5, 5.41) is 9.96. The van der Waals surface area contributed by atoms with Gasteiger partial charge in [0.25, 0.3) is 0 Å². The molecule has 98 valence electrons. The number of hydrogen-bond acceptors (Lipinski definition) is 3. The summed E-state index contributed by atoms with van der Waals surface area (Å²) >= 11 is 2.26. The van der Waals surface area contributed by atoms with Gasteiger partial charge in [-0.25, -0.2) is 0 Å². The van der Waals surface area contributed by atoms with Crippen LogP contribution >= 0.6 is 22.6 Å². The molecule has 0 spiro atoms. The maximum absolute atomic E-state index is 9.13. The van der Waals surface area contributed by atoms with Crippen molar-refractivity contribution in [1.82, 2.24) is 0 Å². The summed E-state index contributed by atoms with van der Waals surface area (Å²) in [7, 11) is 0. The van der Waals surface area contributed by atoms with E-state index in [1.165, 1.54) is 3.57 Å². The summed E-state index contributed by atoms with van der Waals surface area (Å²) in [6.45, 7) is 0.412. The Bertz CT molecular complexity index is 784. The number of furan rings is 1. The lowest BCUT2D eigenvalue weighted by Gasteiger charge is -2.05. The van der Waals surface area contributed by atoms with Gasteiger partial charge in [0.2, 0.25) is 5.76 Å². The highest BCUT2D eigenvalue weighted by Crippen LogP contribution is 2.33. The van der Waals surface area contributed by atoms with Gasteiger partial charge in [-0.15, -0.1) is 0 Å². The van der Waals surface area contributed by atoms with Crippen molar-refractivity contribution in [2.24, 2.45) is 0 Å². The SMILES string of the molecule is N#Cc1oc2ccccc2c1OCc1ccc(I)cc1. The Balaban J connectivity index is 1.90. The molecular weight excluding hydrogens is 365 g/mol. The van der Waals surface area contributed by atoms with E-state index in [0.29, 0.717) is 17.9 Å². The van der Waals surface area contributed by atoms with Crippen LogP contribution in [0.1, 0.15) is 11.3 Å². The molecule has 0 aliphatic rings. The lowest BCUT2D eigenvalue weighted by Crippen LogP contribution is -1.96. The highest BCUT2D eigenvalue weighted by Gasteiger charge is 2.14. The second-order valence-corrected chi connectivity index (χ2v) is 5.53. The molecule has 4 heteroatoms. The minimum atomic E-state index is 0.219. The Labute approximate surface area is 129 Å². The average molecular weight is 375 g/mol. The van der Waals surface area contributed by atoms with E-state index in [0.717, 1.165) is 10.9 Å². The van der Waals surface area contributed by atoms with Crippen molar-refractivity contribution in [3.8, 4) is 11.8 Å². The molecule has 20 heavy (non-hydrogen) atoms. The molecule has 0 radical (unpaired) electrons. The lowest BCUT2D eigenvalue weighted by molar-refractivity contribution is 0.303. The van der Waals surface area contributed by atoms with Crippen molar-refractivity contribution in [3.63, 3.8) is 0 Å². The van der Waals surface area contributed by atoms with Crippen LogP contribution in [0.4, 0.5) is 0 Å². The maximum atomic E-state index is 9.13. The Morgan fingerprint density at radius 3 is 2.60 bits per heavy atom. The molecule has 2 aromatic carbocycles. The summed E-state index contributed by atoms with van der Waals surface area (Å²) in [6, 6.07) is 17.6. The molecule has 0 atom stereocenters. The van der Waals surface area contributed by atoms with Gasteiger partial charge in [-0.1, -0.05) is 24.3 Å². The number of rotatable bonds is 3. The minimum Gasteiger partial charge on any atom is -0.483 e. The fourth-order valence-electron chi connectivity index (χ4n) is 1.97. The molecule has 3 rings (SSSR count). The van der Waals surface area contributed by atoms with Gasteiger partial charge in [-0.3, -0.25) is 0 Å². The lowest BCUT2D eigenvalue weighted by atomic mass is 10.2. The minimum absolute atomic E-state index is 0.219. The Hall–Kier alpha value is -2.00. The van der Waals surface area contributed by atoms with Crippen LogP contribution in [0.5, 0.6) is 5.75 Å². The molecule has 0 amide bonds. The number of hydrogen-bond donors (Lipinski definition) is 0. The molecule has 0 N–H and O–H groups in total. The summed E-state index contributed by atoms with van der Waals surface area (Å²) in [5.41, 5.74) is 1.72. The van der Waals surface area contributed by atoms with Crippen LogP contribution in [0, 0.1) is 14.9 Å². The second-order valence-electron chi connectivity index (χ2n) is 4.28. The Morgan fingerprint density at radius 2 is 1.85 bits per heavy atom. The zero-order valence-corrected chi connectivity index (χ0v) is 12.6. The quantitative estimate of drug-likeness (QED) is 0.634. The number of halogens is 1. The van der Waals surface area contributed by atoms with Gasteiger partial charge in [0, 0.05) is 3.57 Å². The molecule has 1 aromatic heterocycles. The fourth-order valence-corrected chi connectivity index (χ4v) is 2.33. The van der Waals surface area contributed by atoms with Gasteiger partial charge >= 0.3 is 0 Å². The molecule has 3 nitrogen and oxygen atoms in total. The van der Waals surface area contributed by atoms with Crippen LogP contribution < -0.4 is 4.74 Å². The van der Waals surface area contributed by atoms with Crippen LogP contribution in [0.2, 0.25) is 0 Å². The molecular formula is C16H10INO2. The topological polar surface area (TPSA) is 46.2 Å². The van der Waals surface area contributed by atoms with Crippen molar-refractivity contribution in [2.45, 2.75) is 6.61 Å². The van der Waals surface area contributed by atoms with E-state index in [-0.39, 0.29) is 5.76 Å². The summed E-state index contributed by atoms with van der Waals surface area (Å²) in [5.74, 6) is 0.735. The molecule has 0 unspecified atom stereocenters. The zero-order chi connectivity index (χ0) is 13.9. The molecule has 0 aliphatic carbocycles. The predicted octanol–water partition coefficient (Wildman–Crippen LogP) is 4.49. The molecule has 0 saturated heterocycles.